The van der Waals surface area contributed by atoms with E-state index < -0.39 is 67.0 Å². The number of carbonyl (C=O) groups is 1. The molecule has 3 N–H and O–H groups in total. The van der Waals surface area contributed by atoms with Crippen molar-refractivity contribution in [3.05, 3.63) is 58.9 Å². The van der Waals surface area contributed by atoms with Crippen molar-refractivity contribution in [1.29, 1.82) is 0 Å². The predicted octanol–water partition coefficient (Wildman–Crippen LogP) is 4.97. The van der Waals surface area contributed by atoms with E-state index in [0.29, 0.717) is 29.2 Å². The van der Waals surface area contributed by atoms with Gasteiger partial charge in [-0.3, -0.25) is 0 Å². The molecule has 0 bridgehead atoms. The molecule has 9 unspecified atom stereocenters. The molecule has 12 atom stereocenters. The van der Waals surface area contributed by atoms with Crippen molar-refractivity contribution >= 4 is 6.29 Å². The fourth-order valence-electron chi connectivity index (χ4n) is 7.49. The van der Waals surface area contributed by atoms with Gasteiger partial charge in [0.05, 0.1) is 44.7 Å². The molecule has 1 aromatic rings. The smallest absolute Gasteiger partial charge is 0.231 e. The molecule has 2 aliphatic carbocycles. The first-order valence-electron chi connectivity index (χ1n) is 18.6. The first kappa shape index (κ1) is 44.5. The van der Waals surface area contributed by atoms with Gasteiger partial charge in [-0.2, -0.15) is 0 Å². The van der Waals surface area contributed by atoms with Gasteiger partial charge in [0.2, 0.25) is 6.79 Å². The van der Waals surface area contributed by atoms with Crippen LogP contribution in [0.5, 0.6) is 11.5 Å². The Balaban J connectivity index is 0.00000183. The summed E-state index contributed by atoms with van der Waals surface area (Å²) in [7, 11) is 6.11. The highest BCUT2D eigenvalue weighted by atomic mass is 16.7. The van der Waals surface area contributed by atoms with Crippen molar-refractivity contribution in [3.63, 3.8) is 0 Å². The Morgan fingerprint density at radius 3 is 2.25 bits per heavy atom. The first-order valence-corrected chi connectivity index (χ1v) is 18.6. The number of carbonyl (C=O) groups excluding carboxylic acids is 1. The largest absolute Gasteiger partial charge is 0.499 e. The maximum Gasteiger partial charge on any atom is 0.231 e. The molecule has 0 radical (unpaired) electrons. The number of aliphatic hydroxyl groups is 3. The number of benzene rings is 1. The van der Waals surface area contributed by atoms with E-state index >= 15 is 0 Å². The molecule has 1 aromatic carbocycles. The van der Waals surface area contributed by atoms with Crippen LogP contribution in [0.15, 0.2) is 47.8 Å². The fraction of sp³-hybridized carbons (Fsp3) is 0.675. The quantitative estimate of drug-likeness (QED) is 0.133. The van der Waals surface area contributed by atoms with E-state index in [0.717, 1.165) is 17.4 Å². The maximum absolute atomic E-state index is 13.2. The van der Waals surface area contributed by atoms with Crippen LogP contribution < -0.4 is 9.47 Å². The molecule has 13 nitrogen and oxygen atoms in total. The first-order chi connectivity index (χ1) is 25.7. The van der Waals surface area contributed by atoms with Crippen LogP contribution in [0.4, 0.5) is 0 Å². The molecular weight excluding hydrogens is 688 g/mol. The summed E-state index contributed by atoms with van der Waals surface area (Å²) in [5.41, 5.74) is 2.32. The van der Waals surface area contributed by atoms with E-state index in [2.05, 4.69) is 0 Å². The molecule has 2 heterocycles. The summed E-state index contributed by atoms with van der Waals surface area (Å²) < 4.78 is 52.7. The van der Waals surface area contributed by atoms with E-state index in [1.54, 1.807) is 14.2 Å². The molecule has 2 aliphatic heterocycles. The van der Waals surface area contributed by atoms with E-state index in [4.69, 9.17) is 42.6 Å². The van der Waals surface area contributed by atoms with Crippen LogP contribution in [0.1, 0.15) is 77.5 Å². The van der Waals surface area contributed by atoms with Crippen LogP contribution in [0.2, 0.25) is 0 Å². The second-order valence-corrected chi connectivity index (χ2v) is 12.9. The third-order valence-electron chi connectivity index (χ3n) is 9.94. The van der Waals surface area contributed by atoms with E-state index in [1.165, 1.54) is 14.2 Å². The Morgan fingerprint density at radius 1 is 0.981 bits per heavy atom. The topological polar surface area (TPSA) is 161 Å². The summed E-state index contributed by atoms with van der Waals surface area (Å²) in [6.07, 6.45) is 1.53. The van der Waals surface area contributed by atoms with Crippen LogP contribution >= 0.6 is 0 Å². The lowest BCUT2D eigenvalue weighted by Gasteiger charge is -2.47. The molecule has 4 aliphatic rings. The van der Waals surface area contributed by atoms with E-state index in [9.17, 15) is 20.1 Å². The van der Waals surface area contributed by atoms with Crippen molar-refractivity contribution in [2.45, 2.75) is 110 Å². The standard InChI is InChI=1S/C36H50O13.2C2H6/c1-7-8-9-19(2)35(44-6)45-16-21-12-26(38)32(39)36(48-21)49-34-23-14-28-27(46-18-47-28)13-22(23)31(24(15-37)25(34)17-41-3)20-10-29(42-4)33(40)30(11-20)43-5;2*1-2/h7-10,13-15,20-21,24-26,30-36,38-40H,11-12,16-18H2,1-6H3;2*1-2H3/b8-7-,19-9+;;/t20?,21?,24?,25-,26?,30?,31?,32+,33?,34+,35?,36?;;/m0../s1. The number of rotatable bonds is 14. The van der Waals surface area contributed by atoms with Gasteiger partial charge in [0.1, 0.15) is 24.3 Å². The lowest BCUT2D eigenvalue weighted by Crippen LogP contribution is -2.52. The van der Waals surface area contributed by atoms with Gasteiger partial charge in [0.25, 0.3) is 0 Å². The minimum Gasteiger partial charge on any atom is -0.499 e. The van der Waals surface area contributed by atoms with Crippen molar-refractivity contribution in [3.8, 4) is 11.5 Å². The molecule has 53 heavy (non-hydrogen) atoms. The van der Waals surface area contributed by atoms with Gasteiger partial charge in [0.15, 0.2) is 24.1 Å². The average molecular weight is 751 g/mol. The number of allylic oxidation sites excluding steroid dienone is 4. The van der Waals surface area contributed by atoms with Gasteiger partial charge in [0, 0.05) is 45.5 Å². The van der Waals surface area contributed by atoms with Gasteiger partial charge >= 0.3 is 0 Å². The van der Waals surface area contributed by atoms with Gasteiger partial charge in [-0.15, -0.1) is 0 Å². The van der Waals surface area contributed by atoms with Crippen molar-refractivity contribution < 1.29 is 62.7 Å². The summed E-state index contributed by atoms with van der Waals surface area (Å²) in [5.74, 6) is -0.486. The average Bonchev–Trinajstić information content (AvgIpc) is 3.65. The molecule has 1 fully saturated rings. The second-order valence-electron chi connectivity index (χ2n) is 12.9. The number of aliphatic hydroxyl groups excluding tert-OH is 3. The third kappa shape index (κ3) is 10.3. The summed E-state index contributed by atoms with van der Waals surface area (Å²) in [5, 5.41) is 32.9. The van der Waals surface area contributed by atoms with Crippen LogP contribution in [0, 0.1) is 17.8 Å². The molecule has 0 amide bonds. The Hall–Kier alpha value is -2.85. The highest BCUT2D eigenvalue weighted by Gasteiger charge is 2.51. The monoisotopic (exact) mass is 750 g/mol. The second kappa shape index (κ2) is 21.9. The highest BCUT2D eigenvalue weighted by Crippen LogP contribution is 2.55. The normalized spacial score (nSPS) is 32.7. The predicted molar refractivity (Wildman–Crippen MR) is 197 cm³/mol. The Morgan fingerprint density at radius 2 is 1.66 bits per heavy atom. The van der Waals surface area contributed by atoms with Crippen LogP contribution in [-0.4, -0.2) is 113 Å². The van der Waals surface area contributed by atoms with Crippen molar-refractivity contribution in [2.75, 3.05) is 48.4 Å². The third-order valence-corrected chi connectivity index (χ3v) is 9.94. The van der Waals surface area contributed by atoms with Crippen LogP contribution in [0.3, 0.4) is 0 Å². The minimum absolute atomic E-state index is 0.0340. The van der Waals surface area contributed by atoms with E-state index in [1.807, 2.05) is 78.0 Å². The molecule has 0 aromatic heterocycles. The van der Waals surface area contributed by atoms with Crippen molar-refractivity contribution in [2.24, 2.45) is 17.8 Å². The molecule has 0 saturated carbocycles. The number of methoxy groups -OCH3 is 4. The molecular formula is C40H62O13. The number of fused-ring (bicyclic) bond motifs is 2. The van der Waals surface area contributed by atoms with Gasteiger partial charge in [-0.25, -0.2) is 0 Å². The molecule has 0 spiro atoms. The van der Waals surface area contributed by atoms with Gasteiger partial charge in [-0.1, -0.05) is 45.9 Å². The maximum atomic E-state index is 13.2. The van der Waals surface area contributed by atoms with Crippen LogP contribution in [0.25, 0.3) is 0 Å². The zero-order chi connectivity index (χ0) is 39.2. The zero-order valence-corrected chi connectivity index (χ0v) is 32.9. The Bertz CT molecular complexity index is 1360. The molecule has 13 heteroatoms. The SMILES string of the molecule is C/C=C\C=C(/C)C(OC)OCC1CC(O)[C@@H](O)C(O[C@@H]2c3cc4c(cc3C(C3C=C(OC)C(O)C(OC)C3)C(C=O)[C@@H]2COC)OCO4)O1.CC.CC. The Kier molecular flexibility index (Phi) is 18.4. The lowest BCUT2D eigenvalue weighted by atomic mass is 9.62. The number of hydrogen-bond donors (Lipinski definition) is 3. The summed E-state index contributed by atoms with van der Waals surface area (Å²) >= 11 is 0. The summed E-state index contributed by atoms with van der Waals surface area (Å²) in [6, 6.07) is 3.70. The minimum atomic E-state index is -1.38. The highest BCUT2D eigenvalue weighted by molar-refractivity contribution is 5.62. The molecule has 1 saturated heterocycles. The van der Waals surface area contributed by atoms with Crippen LogP contribution in [-0.2, 0) is 38.0 Å². The molecule has 5 rings (SSSR count). The molecule has 300 valence electrons. The number of aldehydes is 1. The lowest BCUT2D eigenvalue weighted by molar-refractivity contribution is -0.299. The number of ether oxygens (including phenoxy) is 9. The van der Waals surface area contributed by atoms with Gasteiger partial charge in [-0.05, 0) is 61.1 Å². The summed E-state index contributed by atoms with van der Waals surface area (Å²) in [4.78, 5) is 13.2. The van der Waals surface area contributed by atoms with Crippen molar-refractivity contribution in [1.82, 2.24) is 0 Å². The fourth-order valence-corrected chi connectivity index (χ4v) is 7.49. The zero-order valence-electron chi connectivity index (χ0n) is 32.9. The summed E-state index contributed by atoms with van der Waals surface area (Å²) in [6.45, 7) is 12.0. The van der Waals surface area contributed by atoms with E-state index in [-0.39, 0.29) is 32.3 Å². The Labute approximate surface area is 314 Å². The van der Waals surface area contributed by atoms with Gasteiger partial charge < -0.3 is 62.7 Å². The number of hydrogen-bond acceptors (Lipinski definition) is 13.